The smallest absolute Gasteiger partial charge is 0.231 e. The summed E-state index contributed by atoms with van der Waals surface area (Å²) in [4.78, 5) is 14.3. The lowest BCUT2D eigenvalue weighted by molar-refractivity contribution is 0.101. The number of ether oxygens (including phenoxy) is 2. The quantitative estimate of drug-likeness (QED) is 0.611. The van der Waals surface area contributed by atoms with Crippen molar-refractivity contribution in [2.45, 2.75) is 6.54 Å². The average molecular weight is 375 g/mol. The SMILES string of the molecule is COc1cccc(/C=C2\Oc3c(ccc(O)c3CN(CC#N)CC#N)C2=O)c1. The Balaban J connectivity index is 1.95. The second-order valence-corrected chi connectivity index (χ2v) is 6.12. The van der Waals surface area contributed by atoms with Crippen molar-refractivity contribution in [3.63, 3.8) is 0 Å². The number of hydrogen-bond donors (Lipinski definition) is 1. The molecular weight excluding hydrogens is 358 g/mol. The Hall–Kier alpha value is -3.81. The highest BCUT2D eigenvalue weighted by Crippen LogP contribution is 2.40. The van der Waals surface area contributed by atoms with Crippen LogP contribution < -0.4 is 9.47 Å². The number of phenols is 1. The van der Waals surface area contributed by atoms with Crippen LogP contribution in [0.2, 0.25) is 0 Å². The number of aromatic hydroxyl groups is 1. The number of phenolic OH excluding ortho intramolecular Hbond substituents is 1. The van der Waals surface area contributed by atoms with E-state index < -0.39 is 0 Å². The minimum Gasteiger partial charge on any atom is -0.507 e. The minimum absolute atomic E-state index is 0.0110. The largest absolute Gasteiger partial charge is 0.507 e. The molecule has 3 rings (SSSR count). The van der Waals surface area contributed by atoms with Crippen LogP contribution in [0.15, 0.2) is 42.2 Å². The monoisotopic (exact) mass is 375 g/mol. The van der Waals surface area contributed by atoms with Crippen LogP contribution in [0.1, 0.15) is 21.5 Å². The van der Waals surface area contributed by atoms with E-state index in [2.05, 4.69) is 0 Å². The van der Waals surface area contributed by atoms with Gasteiger partial charge in [0.05, 0.1) is 43.5 Å². The summed E-state index contributed by atoms with van der Waals surface area (Å²) in [6.07, 6.45) is 1.61. The number of ketones is 1. The number of nitriles is 2. The fourth-order valence-electron chi connectivity index (χ4n) is 2.92. The zero-order valence-electron chi connectivity index (χ0n) is 15.2. The van der Waals surface area contributed by atoms with Gasteiger partial charge in [-0.05, 0) is 35.9 Å². The van der Waals surface area contributed by atoms with Gasteiger partial charge in [0.2, 0.25) is 5.78 Å². The van der Waals surface area contributed by atoms with E-state index in [1.807, 2.05) is 18.2 Å². The Morgan fingerprint density at radius 1 is 1.21 bits per heavy atom. The summed E-state index contributed by atoms with van der Waals surface area (Å²) in [5.41, 5.74) is 1.43. The first-order valence-corrected chi connectivity index (χ1v) is 8.46. The van der Waals surface area contributed by atoms with Gasteiger partial charge in [0.15, 0.2) is 5.76 Å². The standard InChI is InChI=1S/C21H17N3O4/c1-27-15-4-2-3-14(11-15)12-19-20(26)16-5-6-18(25)17(21(16)28-19)13-24(9-7-22)10-8-23/h2-6,11-12,25H,9-10,13H2,1H3/b19-12-. The summed E-state index contributed by atoms with van der Waals surface area (Å²) in [6, 6.07) is 14.1. The summed E-state index contributed by atoms with van der Waals surface area (Å²) >= 11 is 0. The normalized spacial score (nSPS) is 13.7. The lowest BCUT2D eigenvalue weighted by atomic mass is 10.0. The Morgan fingerprint density at radius 2 is 1.96 bits per heavy atom. The molecule has 0 amide bonds. The van der Waals surface area contributed by atoms with E-state index in [-0.39, 0.29) is 42.7 Å². The maximum Gasteiger partial charge on any atom is 0.231 e. The Morgan fingerprint density at radius 3 is 2.64 bits per heavy atom. The van der Waals surface area contributed by atoms with Gasteiger partial charge in [-0.3, -0.25) is 9.69 Å². The Kier molecular flexibility index (Phi) is 5.59. The maximum absolute atomic E-state index is 12.7. The fraction of sp³-hybridized carbons (Fsp3) is 0.190. The number of Topliss-reactive ketones (excluding diaryl/α,β-unsaturated/α-hetero) is 1. The molecule has 1 aliphatic heterocycles. The first-order valence-electron chi connectivity index (χ1n) is 8.46. The van der Waals surface area contributed by atoms with Crippen molar-refractivity contribution < 1.29 is 19.4 Å². The molecule has 0 spiro atoms. The van der Waals surface area contributed by atoms with Crippen LogP contribution in [0.25, 0.3) is 6.08 Å². The van der Waals surface area contributed by atoms with Gasteiger partial charge in [0.25, 0.3) is 0 Å². The Labute approximate surface area is 162 Å². The molecule has 0 aliphatic carbocycles. The van der Waals surface area contributed by atoms with E-state index in [0.29, 0.717) is 16.9 Å². The molecule has 28 heavy (non-hydrogen) atoms. The third kappa shape index (κ3) is 3.80. The molecule has 0 atom stereocenters. The number of rotatable bonds is 6. The molecule has 1 heterocycles. The number of carbonyl (C=O) groups is 1. The summed E-state index contributed by atoms with van der Waals surface area (Å²) in [5, 5.41) is 28.1. The molecule has 7 nitrogen and oxygen atoms in total. The van der Waals surface area contributed by atoms with Gasteiger partial charge in [-0.25, -0.2) is 0 Å². The van der Waals surface area contributed by atoms with Crippen LogP contribution in [0, 0.1) is 22.7 Å². The van der Waals surface area contributed by atoms with Crippen molar-refractivity contribution in [2.75, 3.05) is 20.2 Å². The van der Waals surface area contributed by atoms with Gasteiger partial charge in [-0.1, -0.05) is 12.1 Å². The van der Waals surface area contributed by atoms with Gasteiger partial charge in [-0.2, -0.15) is 10.5 Å². The highest BCUT2D eigenvalue weighted by Gasteiger charge is 2.31. The lowest BCUT2D eigenvalue weighted by Crippen LogP contribution is -2.24. The van der Waals surface area contributed by atoms with Gasteiger partial charge in [0, 0.05) is 6.54 Å². The zero-order valence-corrected chi connectivity index (χ0v) is 15.2. The predicted octanol–water partition coefficient (Wildman–Crippen LogP) is 2.87. The third-order valence-corrected chi connectivity index (χ3v) is 4.28. The molecule has 0 aromatic heterocycles. The van der Waals surface area contributed by atoms with Crippen LogP contribution in [-0.4, -0.2) is 36.0 Å². The molecule has 0 radical (unpaired) electrons. The second-order valence-electron chi connectivity index (χ2n) is 6.12. The summed E-state index contributed by atoms with van der Waals surface area (Å²) in [7, 11) is 1.56. The highest BCUT2D eigenvalue weighted by molar-refractivity contribution is 6.15. The molecule has 1 aliphatic rings. The molecule has 0 unspecified atom stereocenters. The molecule has 2 aromatic rings. The van der Waals surface area contributed by atoms with E-state index in [1.165, 1.54) is 12.1 Å². The number of benzene rings is 2. The predicted molar refractivity (Wildman–Crippen MR) is 101 cm³/mol. The molecule has 0 bridgehead atoms. The summed E-state index contributed by atoms with van der Waals surface area (Å²) in [6.45, 7) is 0.129. The first-order chi connectivity index (χ1) is 13.6. The lowest BCUT2D eigenvalue weighted by Gasteiger charge is -2.17. The molecule has 0 saturated heterocycles. The maximum atomic E-state index is 12.7. The number of fused-ring (bicyclic) bond motifs is 1. The van der Waals surface area contributed by atoms with Crippen LogP contribution in [-0.2, 0) is 6.54 Å². The topological polar surface area (TPSA) is 107 Å². The van der Waals surface area contributed by atoms with Crippen LogP contribution >= 0.6 is 0 Å². The van der Waals surface area contributed by atoms with Gasteiger partial charge < -0.3 is 14.6 Å². The molecule has 0 saturated carbocycles. The van der Waals surface area contributed by atoms with Gasteiger partial charge >= 0.3 is 0 Å². The van der Waals surface area contributed by atoms with E-state index in [4.69, 9.17) is 20.0 Å². The number of carbonyl (C=O) groups excluding carboxylic acids is 1. The van der Waals surface area contributed by atoms with E-state index in [0.717, 1.165) is 5.56 Å². The van der Waals surface area contributed by atoms with Gasteiger partial charge in [-0.15, -0.1) is 0 Å². The van der Waals surface area contributed by atoms with Crippen molar-refractivity contribution >= 4 is 11.9 Å². The second kappa shape index (κ2) is 8.26. The van der Waals surface area contributed by atoms with Gasteiger partial charge in [0.1, 0.15) is 17.2 Å². The van der Waals surface area contributed by atoms with Crippen molar-refractivity contribution in [1.82, 2.24) is 4.90 Å². The van der Waals surface area contributed by atoms with Crippen molar-refractivity contribution in [1.29, 1.82) is 10.5 Å². The number of nitrogens with zero attached hydrogens (tertiary/aromatic N) is 3. The van der Waals surface area contributed by atoms with E-state index >= 15 is 0 Å². The van der Waals surface area contributed by atoms with Crippen LogP contribution in [0.4, 0.5) is 0 Å². The summed E-state index contributed by atoms with van der Waals surface area (Å²) < 4.78 is 11.0. The fourth-order valence-corrected chi connectivity index (χ4v) is 2.92. The number of allylic oxidation sites excluding steroid dienone is 1. The number of methoxy groups -OCH3 is 1. The molecule has 140 valence electrons. The Bertz CT molecular complexity index is 1010. The van der Waals surface area contributed by atoms with Crippen LogP contribution in [0.3, 0.4) is 0 Å². The van der Waals surface area contributed by atoms with E-state index in [9.17, 15) is 9.90 Å². The molecule has 2 aromatic carbocycles. The minimum atomic E-state index is -0.300. The molecule has 1 N–H and O–H groups in total. The third-order valence-electron chi connectivity index (χ3n) is 4.28. The summed E-state index contributed by atoms with van der Waals surface area (Å²) in [5.74, 6) is 0.669. The zero-order chi connectivity index (χ0) is 20.1. The highest BCUT2D eigenvalue weighted by atomic mass is 16.5. The first kappa shape index (κ1) is 19.0. The molecular formula is C21H17N3O4. The molecule has 0 fully saturated rings. The van der Waals surface area contributed by atoms with Crippen molar-refractivity contribution in [2.24, 2.45) is 0 Å². The van der Waals surface area contributed by atoms with Crippen molar-refractivity contribution in [3.05, 3.63) is 58.8 Å². The van der Waals surface area contributed by atoms with Crippen molar-refractivity contribution in [3.8, 4) is 29.4 Å². The van der Waals surface area contributed by atoms with E-state index in [1.54, 1.807) is 36.3 Å². The van der Waals surface area contributed by atoms with Crippen LogP contribution in [0.5, 0.6) is 17.2 Å². The average Bonchev–Trinajstić information content (AvgIpc) is 3.00. The molecule has 7 heteroatoms. The number of hydrogen-bond acceptors (Lipinski definition) is 7.